The van der Waals surface area contributed by atoms with E-state index in [4.69, 9.17) is 4.74 Å². The number of benzene rings is 2. The van der Waals surface area contributed by atoms with Crippen LogP contribution < -0.4 is 10.6 Å². The number of carbonyl (C=O) groups excluding carboxylic acids is 3. The molecule has 0 spiro atoms. The highest BCUT2D eigenvalue weighted by Crippen LogP contribution is 2.34. The summed E-state index contributed by atoms with van der Waals surface area (Å²) >= 11 is 0. The molecule has 1 aliphatic rings. The number of aliphatic hydroxyl groups is 1. The fourth-order valence-corrected chi connectivity index (χ4v) is 3.62. The van der Waals surface area contributed by atoms with Crippen LogP contribution in [0, 0.1) is 0 Å². The molecule has 10 heteroatoms. The average molecular weight is 463 g/mol. The Morgan fingerprint density at radius 1 is 1.18 bits per heavy atom. The Labute approximate surface area is 189 Å². The Hall–Kier alpha value is -3.27. The van der Waals surface area contributed by atoms with E-state index in [-0.39, 0.29) is 0 Å². The molecule has 3 rings (SSSR count). The summed E-state index contributed by atoms with van der Waals surface area (Å²) < 4.78 is 33.2. The third-order valence-electron chi connectivity index (χ3n) is 5.06. The SMILES string of the molecule is CC(C)(C)OC(=O)NCC(=O)N1CC(F)(F)CC1C(O)C(=O)Nc1ccc2ccccc2c1. The number of amides is 3. The van der Waals surface area contributed by atoms with E-state index in [1.54, 1.807) is 39.0 Å². The minimum Gasteiger partial charge on any atom is -0.444 e. The van der Waals surface area contributed by atoms with Crippen LogP contribution in [0.3, 0.4) is 0 Å². The molecule has 0 radical (unpaired) electrons. The molecule has 0 saturated carbocycles. The molecule has 3 N–H and O–H groups in total. The summed E-state index contributed by atoms with van der Waals surface area (Å²) in [5.74, 6) is -5.05. The standard InChI is InChI=1S/C23H27F2N3O5/c1-22(2,3)33-21(32)26-12-18(29)28-13-23(24,25)11-17(28)19(30)20(31)27-16-9-8-14-6-4-5-7-15(14)10-16/h4-10,17,19,30H,11-13H2,1-3H3,(H,26,32)(H,27,31). The second-order valence-corrected chi connectivity index (χ2v) is 9.00. The number of hydrogen-bond acceptors (Lipinski definition) is 5. The van der Waals surface area contributed by atoms with Crippen molar-refractivity contribution in [3.8, 4) is 0 Å². The lowest BCUT2D eigenvalue weighted by atomic mass is 10.1. The Bertz CT molecular complexity index is 1050. The topological polar surface area (TPSA) is 108 Å². The third-order valence-corrected chi connectivity index (χ3v) is 5.06. The molecule has 0 aromatic heterocycles. The lowest BCUT2D eigenvalue weighted by molar-refractivity contribution is -0.137. The molecular weight excluding hydrogens is 436 g/mol. The van der Waals surface area contributed by atoms with Crippen LogP contribution in [0.15, 0.2) is 42.5 Å². The summed E-state index contributed by atoms with van der Waals surface area (Å²) in [6.45, 7) is 3.33. The average Bonchev–Trinajstić information content (AvgIpc) is 3.05. The number of hydrogen-bond donors (Lipinski definition) is 3. The monoisotopic (exact) mass is 463 g/mol. The van der Waals surface area contributed by atoms with Gasteiger partial charge in [0.1, 0.15) is 12.1 Å². The number of ether oxygens (including phenoxy) is 1. The van der Waals surface area contributed by atoms with Gasteiger partial charge in [-0.05, 0) is 43.7 Å². The predicted molar refractivity (Wildman–Crippen MR) is 118 cm³/mol. The summed E-state index contributed by atoms with van der Waals surface area (Å²) in [5, 5.41) is 17.0. The second kappa shape index (κ2) is 9.30. The van der Waals surface area contributed by atoms with Gasteiger partial charge in [-0.2, -0.15) is 0 Å². The lowest BCUT2D eigenvalue weighted by Gasteiger charge is -2.27. The first-order valence-corrected chi connectivity index (χ1v) is 10.5. The van der Waals surface area contributed by atoms with Crippen molar-refractivity contribution in [3.63, 3.8) is 0 Å². The first-order chi connectivity index (χ1) is 15.3. The molecule has 8 nitrogen and oxygen atoms in total. The van der Waals surface area contributed by atoms with Gasteiger partial charge >= 0.3 is 6.09 Å². The van der Waals surface area contributed by atoms with E-state index >= 15 is 0 Å². The smallest absolute Gasteiger partial charge is 0.408 e. The van der Waals surface area contributed by atoms with Gasteiger partial charge in [0.05, 0.1) is 12.6 Å². The minimum absolute atomic E-state index is 0.381. The Balaban J connectivity index is 1.67. The third kappa shape index (κ3) is 6.38. The fraction of sp³-hybridized carbons (Fsp3) is 0.435. The molecule has 0 bridgehead atoms. The number of nitrogens with one attached hydrogen (secondary N) is 2. The van der Waals surface area contributed by atoms with Crippen LogP contribution in [-0.2, 0) is 14.3 Å². The molecule has 2 unspecified atom stereocenters. The summed E-state index contributed by atoms with van der Waals surface area (Å²) in [6.07, 6.45) is -3.65. The number of likely N-dealkylation sites (tertiary alicyclic amines) is 1. The highest BCUT2D eigenvalue weighted by molar-refractivity contribution is 5.97. The number of anilines is 1. The molecule has 1 heterocycles. The molecular formula is C23H27F2N3O5. The summed E-state index contributed by atoms with van der Waals surface area (Å²) in [6, 6.07) is 11.1. The maximum Gasteiger partial charge on any atom is 0.408 e. The molecule has 2 atom stereocenters. The van der Waals surface area contributed by atoms with Crippen molar-refractivity contribution in [2.24, 2.45) is 0 Å². The maximum atomic E-state index is 14.1. The van der Waals surface area contributed by atoms with Crippen molar-refractivity contribution < 1.29 is 33.0 Å². The van der Waals surface area contributed by atoms with Gasteiger partial charge in [0, 0.05) is 12.1 Å². The highest BCUT2D eigenvalue weighted by Gasteiger charge is 2.51. The highest BCUT2D eigenvalue weighted by atomic mass is 19.3. The zero-order valence-electron chi connectivity index (χ0n) is 18.6. The number of fused-ring (bicyclic) bond motifs is 1. The van der Waals surface area contributed by atoms with Crippen LogP contribution >= 0.6 is 0 Å². The number of alkyl halides is 2. The first kappa shape index (κ1) is 24.4. The fourth-order valence-electron chi connectivity index (χ4n) is 3.62. The van der Waals surface area contributed by atoms with Gasteiger partial charge in [0.15, 0.2) is 6.10 Å². The van der Waals surface area contributed by atoms with Crippen molar-refractivity contribution in [1.29, 1.82) is 0 Å². The number of carbonyl (C=O) groups is 3. The van der Waals surface area contributed by atoms with E-state index in [0.29, 0.717) is 5.69 Å². The van der Waals surface area contributed by atoms with Crippen molar-refractivity contribution in [2.45, 2.75) is 50.9 Å². The number of alkyl carbamates (subject to hydrolysis) is 1. The van der Waals surface area contributed by atoms with Gasteiger partial charge < -0.3 is 25.4 Å². The van der Waals surface area contributed by atoms with E-state index < -0.39 is 61.1 Å². The maximum absolute atomic E-state index is 14.1. The van der Waals surface area contributed by atoms with Crippen LogP contribution in [0.25, 0.3) is 10.8 Å². The Morgan fingerprint density at radius 2 is 1.85 bits per heavy atom. The van der Waals surface area contributed by atoms with Gasteiger partial charge in [0.2, 0.25) is 5.91 Å². The minimum atomic E-state index is -3.28. The largest absolute Gasteiger partial charge is 0.444 e. The van der Waals surface area contributed by atoms with Crippen molar-refractivity contribution in [2.75, 3.05) is 18.4 Å². The summed E-state index contributed by atoms with van der Waals surface area (Å²) in [5.41, 5.74) is -0.417. The van der Waals surface area contributed by atoms with Gasteiger partial charge in [-0.1, -0.05) is 30.3 Å². The van der Waals surface area contributed by atoms with E-state index in [1.165, 1.54) is 0 Å². The summed E-state index contributed by atoms with van der Waals surface area (Å²) in [4.78, 5) is 37.6. The van der Waals surface area contributed by atoms with Gasteiger partial charge in [-0.25, -0.2) is 13.6 Å². The van der Waals surface area contributed by atoms with Gasteiger partial charge in [0.25, 0.3) is 11.8 Å². The Kier molecular flexibility index (Phi) is 6.87. The van der Waals surface area contributed by atoms with Crippen molar-refractivity contribution in [1.82, 2.24) is 10.2 Å². The van der Waals surface area contributed by atoms with E-state index in [1.807, 2.05) is 24.3 Å². The zero-order valence-corrected chi connectivity index (χ0v) is 18.6. The summed E-state index contributed by atoms with van der Waals surface area (Å²) in [7, 11) is 0. The molecule has 1 saturated heterocycles. The molecule has 0 aliphatic carbocycles. The van der Waals surface area contributed by atoms with E-state index in [0.717, 1.165) is 15.7 Å². The molecule has 2 aromatic rings. The zero-order chi connectivity index (χ0) is 24.4. The predicted octanol–water partition coefficient (Wildman–Crippen LogP) is 2.90. The molecule has 33 heavy (non-hydrogen) atoms. The molecule has 178 valence electrons. The molecule has 3 amide bonds. The van der Waals surface area contributed by atoms with Crippen LogP contribution in [0.1, 0.15) is 27.2 Å². The Morgan fingerprint density at radius 3 is 2.52 bits per heavy atom. The van der Waals surface area contributed by atoms with E-state index in [2.05, 4.69) is 10.6 Å². The number of rotatable bonds is 5. The molecule has 2 aromatic carbocycles. The number of halogens is 2. The molecule has 1 aliphatic heterocycles. The van der Waals surface area contributed by atoms with Crippen molar-refractivity contribution >= 4 is 34.4 Å². The van der Waals surface area contributed by atoms with Gasteiger partial charge in [-0.3, -0.25) is 9.59 Å². The second-order valence-electron chi connectivity index (χ2n) is 9.00. The number of nitrogens with zero attached hydrogens (tertiary/aromatic N) is 1. The van der Waals surface area contributed by atoms with Crippen LogP contribution in [0.4, 0.5) is 19.3 Å². The van der Waals surface area contributed by atoms with Crippen LogP contribution in [0.2, 0.25) is 0 Å². The quantitative estimate of drug-likeness (QED) is 0.632. The lowest BCUT2D eigenvalue weighted by Crippen LogP contribution is -2.50. The van der Waals surface area contributed by atoms with Crippen LogP contribution in [-0.4, -0.2) is 64.7 Å². The van der Waals surface area contributed by atoms with Gasteiger partial charge in [-0.15, -0.1) is 0 Å². The normalized spacial score (nSPS) is 18.6. The van der Waals surface area contributed by atoms with Crippen molar-refractivity contribution in [3.05, 3.63) is 42.5 Å². The molecule has 1 fully saturated rings. The van der Waals surface area contributed by atoms with Crippen LogP contribution in [0.5, 0.6) is 0 Å². The van der Waals surface area contributed by atoms with E-state index in [9.17, 15) is 28.3 Å². The number of aliphatic hydroxyl groups excluding tert-OH is 1. The first-order valence-electron chi connectivity index (χ1n) is 10.5.